The van der Waals surface area contributed by atoms with E-state index in [9.17, 15) is 9.90 Å². The average molecular weight is 299 g/mol. The first-order valence-corrected chi connectivity index (χ1v) is 7.39. The summed E-state index contributed by atoms with van der Waals surface area (Å²) < 4.78 is 0.292. The fraction of sp³-hybridized carbons (Fsp3) is 0.278. The van der Waals surface area contributed by atoms with Gasteiger partial charge in [0.05, 0.1) is 20.6 Å². The van der Waals surface area contributed by atoms with Crippen molar-refractivity contribution in [1.29, 1.82) is 0 Å². The molecule has 2 rings (SSSR count). The van der Waals surface area contributed by atoms with Gasteiger partial charge < -0.3 is 5.11 Å². The largest absolute Gasteiger partial charge is 0.372 e. The molecule has 0 heterocycles. The lowest BCUT2D eigenvalue weighted by molar-refractivity contribution is -0.923. The molecule has 116 valence electrons. The van der Waals surface area contributed by atoms with Crippen LogP contribution in [0.3, 0.4) is 0 Å². The van der Waals surface area contributed by atoms with Gasteiger partial charge in [0.1, 0.15) is 0 Å². The van der Waals surface area contributed by atoms with Crippen molar-refractivity contribution in [2.75, 3.05) is 20.6 Å². The molecule has 0 aliphatic heterocycles. The molecule has 0 aliphatic rings. The first-order chi connectivity index (χ1) is 10.4. The van der Waals surface area contributed by atoms with Crippen LogP contribution in [-0.4, -0.2) is 36.2 Å². The van der Waals surface area contributed by atoms with Gasteiger partial charge in [-0.2, -0.15) is 5.43 Å². The number of amides is 1. The maximum Gasteiger partial charge on any atom is 0.306 e. The number of aliphatic hydroxyl groups is 1. The summed E-state index contributed by atoms with van der Waals surface area (Å²) in [4.78, 5) is 12.9. The average Bonchev–Trinajstić information content (AvgIpc) is 2.55. The second-order valence-electron chi connectivity index (χ2n) is 5.88. The number of carbonyl (C=O) groups excluding carboxylic acids is 1. The van der Waals surface area contributed by atoms with E-state index >= 15 is 0 Å². The molecule has 4 nitrogen and oxygen atoms in total. The van der Waals surface area contributed by atoms with Crippen LogP contribution in [-0.2, 0) is 10.4 Å². The maximum absolute atomic E-state index is 12.9. The molecule has 0 saturated heterocycles. The third-order valence-corrected chi connectivity index (χ3v) is 3.91. The smallest absolute Gasteiger partial charge is 0.306 e. The minimum absolute atomic E-state index is 0.292. The third kappa shape index (κ3) is 3.18. The molecule has 1 amide bonds. The number of quaternary nitrogens is 1. The summed E-state index contributed by atoms with van der Waals surface area (Å²) in [6.45, 7) is 2.69. The Morgan fingerprint density at radius 2 is 1.41 bits per heavy atom. The molecule has 2 aromatic rings. The van der Waals surface area contributed by atoms with Gasteiger partial charge in [-0.25, -0.2) is 4.59 Å². The van der Waals surface area contributed by atoms with Crippen molar-refractivity contribution in [3.63, 3.8) is 0 Å². The quantitative estimate of drug-likeness (QED) is 0.656. The Morgan fingerprint density at radius 3 is 1.77 bits per heavy atom. The van der Waals surface area contributed by atoms with Crippen LogP contribution in [0.2, 0.25) is 0 Å². The Hall–Kier alpha value is -2.17. The fourth-order valence-corrected chi connectivity index (χ4v) is 2.22. The molecule has 0 aromatic heterocycles. The molecule has 0 aliphatic carbocycles. The second-order valence-corrected chi connectivity index (χ2v) is 5.88. The first-order valence-electron chi connectivity index (χ1n) is 7.39. The number of nitrogens with zero attached hydrogens (tertiary/aromatic N) is 1. The van der Waals surface area contributed by atoms with E-state index in [4.69, 9.17) is 0 Å². The monoisotopic (exact) mass is 299 g/mol. The van der Waals surface area contributed by atoms with E-state index in [0.29, 0.717) is 22.3 Å². The number of rotatable bonds is 5. The number of carbonyl (C=O) groups is 1. The van der Waals surface area contributed by atoms with E-state index in [2.05, 4.69) is 5.43 Å². The van der Waals surface area contributed by atoms with Crippen LogP contribution in [0.25, 0.3) is 0 Å². The van der Waals surface area contributed by atoms with E-state index in [0.717, 1.165) is 0 Å². The Morgan fingerprint density at radius 1 is 1.00 bits per heavy atom. The van der Waals surface area contributed by atoms with E-state index in [-0.39, 0.29) is 0 Å². The predicted molar refractivity (Wildman–Crippen MR) is 86.7 cm³/mol. The van der Waals surface area contributed by atoms with Gasteiger partial charge in [0.25, 0.3) is 0 Å². The number of nitrogens with one attached hydrogen (secondary N) is 1. The highest BCUT2D eigenvalue weighted by Crippen LogP contribution is 2.30. The van der Waals surface area contributed by atoms with Crippen molar-refractivity contribution in [3.05, 3.63) is 71.8 Å². The SMILES string of the molecule is CC[N+](C)(C)NC(=O)C(O)(c1ccccc1)c1ccccc1. The molecule has 2 aromatic carbocycles. The molecule has 0 bridgehead atoms. The van der Waals surface area contributed by atoms with Gasteiger partial charge in [-0.3, -0.25) is 4.79 Å². The molecule has 0 unspecified atom stereocenters. The highest BCUT2D eigenvalue weighted by molar-refractivity contribution is 5.89. The van der Waals surface area contributed by atoms with Crippen LogP contribution >= 0.6 is 0 Å². The maximum atomic E-state index is 12.9. The summed E-state index contributed by atoms with van der Waals surface area (Å²) in [7, 11) is 3.77. The number of benzene rings is 2. The predicted octanol–water partition coefficient (Wildman–Crippen LogP) is 2.05. The zero-order valence-electron chi connectivity index (χ0n) is 13.3. The topological polar surface area (TPSA) is 49.3 Å². The third-order valence-electron chi connectivity index (χ3n) is 3.91. The van der Waals surface area contributed by atoms with Gasteiger partial charge in [-0.05, 0) is 18.1 Å². The van der Waals surface area contributed by atoms with E-state index in [1.807, 2.05) is 57.4 Å². The van der Waals surface area contributed by atoms with Crippen molar-refractivity contribution in [2.24, 2.45) is 0 Å². The van der Waals surface area contributed by atoms with Gasteiger partial charge >= 0.3 is 5.91 Å². The normalized spacial score (nSPS) is 12.0. The van der Waals surface area contributed by atoms with Crippen molar-refractivity contribution < 1.29 is 14.5 Å². The zero-order valence-corrected chi connectivity index (χ0v) is 13.3. The minimum Gasteiger partial charge on any atom is -0.372 e. The molecule has 0 spiro atoms. The lowest BCUT2D eigenvalue weighted by atomic mass is 9.85. The van der Waals surface area contributed by atoms with E-state index in [1.54, 1.807) is 24.3 Å². The van der Waals surface area contributed by atoms with Crippen molar-refractivity contribution in [2.45, 2.75) is 12.5 Å². The minimum atomic E-state index is -1.72. The number of hydrogen-bond donors (Lipinski definition) is 2. The summed E-state index contributed by atoms with van der Waals surface area (Å²) in [6, 6.07) is 18.0. The van der Waals surface area contributed by atoms with Gasteiger partial charge in [0.15, 0.2) is 5.60 Å². The Balaban J connectivity index is 2.50. The van der Waals surface area contributed by atoms with Crippen LogP contribution in [0.15, 0.2) is 60.7 Å². The van der Waals surface area contributed by atoms with Crippen molar-refractivity contribution >= 4 is 5.91 Å². The molecule has 4 heteroatoms. The molecule has 0 radical (unpaired) electrons. The van der Waals surface area contributed by atoms with E-state index < -0.39 is 11.5 Å². The molecule has 0 atom stereocenters. The molecular weight excluding hydrogens is 276 g/mol. The van der Waals surface area contributed by atoms with Gasteiger partial charge in [0, 0.05) is 0 Å². The Bertz CT molecular complexity index is 585. The Kier molecular flexibility index (Phi) is 4.64. The van der Waals surface area contributed by atoms with Gasteiger partial charge in [0.2, 0.25) is 0 Å². The molecule has 2 N–H and O–H groups in total. The van der Waals surface area contributed by atoms with Crippen LogP contribution in [0.5, 0.6) is 0 Å². The zero-order chi connectivity index (χ0) is 16.2. The second kappa shape index (κ2) is 6.30. The van der Waals surface area contributed by atoms with E-state index in [1.165, 1.54) is 0 Å². The summed E-state index contributed by atoms with van der Waals surface area (Å²) >= 11 is 0. The summed E-state index contributed by atoms with van der Waals surface area (Å²) in [6.07, 6.45) is 0. The van der Waals surface area contributed by atoms with Crippen LogP contribution in [0.4, 0.5) is 0 Å². The van der Waals surface area contributed by atoms with Crippen LogP contribution in [0, 0.1) is 0 Å². The first kappa shape index (κ1) is 16.2. The molecular formula is C18H23N2O2+. The highest BCUT2D eigenvalue weighted by atomic mass is 16.3. The molecule has 0 saturated carbocycles. The molecule has 0 fully saturated rings. The summed E-state index contributed by atoms with van der Waals surface area (Å²) in [5.74, 6) is -0.434. The fourth-order valence-electron chi connectivity index (χ4n) is 2.22. The summed E-state index contributed by atoms with van der Waals surface area (Å²) in [5, 5.41) is 11.3. The lowest BCUT2D eigenvalue weighted by Gasteiger charge is -2.34. The van der Waals surface area contributed by atoms with Crippen molar-refractivity contribution in [1.82, 2.24) is 5.43 Å². The standard InChI is InChI=1S/C18H22N2O2/c1-4-20(2,3)19-17(21)18(22,15-11-7-5-8-12-15)16-13-9-6-10-14-16/h5-14,22H,4H2,1-3H3/p+1. The molecule has 22 heavy (non-hydrogen) atoms. The van der Waals surface area contributed by atoms with Crippen LogP contribution < -0.4 is 5.43 Å². The highest BCUT2D eigenvalue weighted by Gasteiger charge is 2.42. The Labute approximate surface area is 131 Å². The number of hydrogen-bond acceptors (Lipinski definition) is 2. The summed E-state index contributed by atoms with van der Waals surface area (Å²) in [5.41, 5.74) is 2.28. The lowest BCUT2D eigenvalue weighted by Crippen LogP contribution is -2.59. The van der Waals surface area contributed by atoms with Gasteiger partial charge in [-0.1, -0.05) is 60.7 Å². The van der Waals surface area contributed by atoms with Crippen molar-refractivity contribution in [3.8, 4) is 0 Å². The van der Waals surface area contributed by atoms with Crippen LogP contribution in [0.1, 0.15) is 18.1 Å². The van der Waals surface area contributed by atoms with Gasteiger partial charge in [-0.15, -0.1) is 0 Å².